The highest BCUT2D eigenvalue weighted by atomic mass is 19.3. The Morgan fingerprint density at radius 2 is 1.71 bits per heavy atom. The van der Waals surface area contributed by atoms with E-state index in [1.54, 1.807) is 0 Å². The number of nitrogens with two attached hydrogens (primary N) is 1. The quantitative estimate of drug-likeness (QED) is 0.644. The minimum Gasteiger partial charge on any atom is -0.465 e. The van der Waals surface area contributed by atoms with Crippen LogP contribution in [0.4, 0.5) is 13.6 Å². The van der Waals surface area contributed by atoms with Crippen LogP contribution in [0.3, 0.4) is 0 Å². The van der Waals surface area contributed by atoms with Gasteiger partial charge >= 0.3 is 6.09 Å². The number of hydrogen-bond acceptors (Lipinski definition) is 1. The van der Waals surface area contributed by atoms with E-state index in [1.807, 2.05) is 20.8 Å². The van der Waals surface area contributed by atoms with Crippen molar-refractivity contribution < 1.29 is 18.7 Å². The van der Waals surface area contributed by atoms with Gasteiger partial charge in [0.25, 0.3) is 0 Å². The Bertz CT molecular complexity index is 199. The molecular weight excluding hydrogens is 192 g/mol. The third-order valence-electron chi connectivity index (χ3n) is 2.31. The summed E-state index contributed by atoms with van der Waals surface area (Å²) in [6, 6.07) is 0. The van der Waals surface area contributed by atoms with Crippen molar-refractivity contribution in [2.45, 2.75) is 39.5 Å². The molecule has 0 aromatic rings. The Morgan fingerprint density at radius 1 is 1.43 bits per heavy atom. The molecule has 3 nitrogen and oxygen atoms in total. The summed E-state index contributed by atoms with van der Waals surface area (Å²) in [5.41, 5.74) is 4.10. The van der Waals surface area contributed by atoms with Crippen molar-refractivity contribution in [1.82, 2.24) is 0 Å². The molecule has 1 rings (SSSR count). The third-order valence-corrected chi connectivity index (χ3v) is 2.31. The lowest BCUT2D eigenvalue weighted by atomic mass is 9.66. The molecule has 0 unspecified atom stereocenters. The second-order valence-corrected chi connectivity index (χ2v) is 4.67. The average molecular weight is 209 g/mol. The Balaban J connectivity index is 0.000000364. The van der Waals surface area contributed by atoms with Crippen LogP contribution in [0.2, 0.25) is 0 Å². The number of carboxylic acid groups (broad SMARTS) is 1. The van der Waals surface area contributed by atoms with Crippen LogP contribution in [0.25, 0.3) is 0 Å². The molecule has 0 aromatic carbocycles. The van der Waals surface area contributed by atoms with Crippen molar-refractivity contribution in [3.8, 4) is 0 Å². The summed E-state index contributed by atoms with van der Waals surface area (Å²) in [5.74, 6) is -2.12. The SMILES string of the molecule is CC(C)(C)C1CC(F)(F)C1.NC(=O)O. The molecule has 0 bridgehead atoms. The van der Waals surface area contributed by atoms with Gasteiger partial charge < -0.3 is 10.8 Å². The molecule has 0 radical (unpaired) electrons. The van der Waals surface area contributed by atoms with Gasteiger partial charge in [0.05, 0.1) is 0 Å². The number of amides is 1. The molecule has 1 fully saturated rings. The minimum absolute atomic E-state index is 0.0711. The van der Waals surface area contributed by atoms with Crippen LogP contribution < -0.4 is 5.73 Å². The Kier molecular flexibility index (Phi) is 3.85. The van der Waals surface area contributed by atoms with Crippen LogP contribution in [0, 0.1) is 11.3 Å². The van der Waals surface area contributed by atoms with Crippen molar-refractivity contribution in [2.75, 3.05) is 0 Å². The predicted octanol–water partition coefficient (Wildman–Crippen LogP) is 2.70. The zero-order chi connectivity index (χ0) is 11.6. The minimum atomic E-state index is -2.35. The Labute approximate surface area is 82.3 Å². The smallest absolute Gasteiger partial charge is 0.402 e. The molecule has 0 saturated heterocycles. The Hall–Kier alpha value is -0.870. The van der Waals surface area contributed by atoms with E-state index in [4.69, 9.17) is 9.90 Å². The molecule has 1 amide bonds. The first-order valence-corrected chi connectivity index (χ1v) is 4.41. The van der Waals surface area contributed by atoms with Crippen molar-refractivity contribution in [3.63, 3.8) is 0 Å². The topological polar surface area (TPSA) is 63.3 Å². The molecule has 0 heterocycles. The zero-order valence-electron chi connectivity index (χ0n) is 8.68. The van der Waals surface area contributed by atoms with Gasteiger partial charge in [0, 0.05) is 12.8 Å². The molecule has 84 valence electrons. The highest BCUT2D eigenvalue weighted by Gasteiger charge is 2.49. The maximum Gasteiger partial charge on any atom is 0.402 e. The lowest BCUT2D eigenvalue weighted by Gasteiger charge is -2.43. The molecule has 14 heavy (non-hydrogen) atoms. The van der Waals surface area contributed by atoms with Crippen LogP contribution in [0.5, 0.6) is 0 Å². The molecule has 1 aliphatic rings. The number of rotatable bonds is 0. The summed E-state index contributed by atoms with van der Waals surface area (Å²) in [4.78, 5) is 8.78. The normalized spacial score (nSPS) is 20.4. The first-order chi connectivity index (χ1) is 6.04. The van der Waals surface area contributed by atoms with Gasteiger partial charge in [-0.25, -0.2) is 13.6 Å². The van der Waals surface area contributed by atoms with Crippen molar-refractivity contribution >= 4 is 6.09 Å². The summed E-state index contributed by atoms with van der Waals surface area (Å²) in [5, 5.41) is 7.19. The van der Waals surface area contributed by atoms with E-state index in [-0.39, 0.29) is 24.2 Å². The molecule has 0 aliphatic heterocycles. The summed E-state index contributed by atoms with van der Waals surface area (Å²) in [6.07, 6.45) is -1.15. The van der Waals surface area contributed by atoms with Crippen molar-refractivity contribution in [1.29, 1.82) is 0 Å². The fraction of sp³-hybridized carbons (Fsp3) is 0.889. The number of primary amides is 1. The Morgan fingerprint density at radius 3 is 1.79 bits per heavy atom. The molecule has 0 atom stereocenters. The van der Waals surface area contributed by atoms with E-state index < -0.39 is 12.0 Å². The number of halogens is 2. The van der Waals surface area contributed by atoms with Gasteiger partial charge in [0.2, 0.25) is 5.92 Å². The lowest BCUT2D eigenvalue weighted by molar-refractivity contribution is -0.138. The molecule has 1 aliphatic carbocycles. The van der Waals surface area contributed by atoms with E-state index >= 15 is 0 Å². The summed E-state index contributed by atoms with van der Waals surface area (Å²) in [7, 11) is 0. The first-order valence-electron chi connectivity index (χ1n) is 4.41. The van der Waals surface area contributed by atoms with Crippen LogP contribution in [-0.2, 0) is 0 Å². The van der Waals surface area contributed by atoms with Gasteiger partial charge in [0.1, 0.15) is 0 Å². The van der Waals surface area contributed by atoms with Crippen molar-refractivity contribution in [3.05, 3.63) is 0 Å². The summed E-state index contributed by atoms with van der Waals surface area (Å²) >= 11 is 0. The maximum absolute atomic E-state index is 12.3. The van der Waals surface area contributed by atoms with E-state index in [2.05, 4.69) is 5.73 Å². The van der Waals surface area contributed by atoms with Gasteiger partial charge in [-0.05, 0) is 11.3 Å². The molecule has 5 heteroatoms. The van der Waals surface area contributed by atoms with Crippen LogP contribution in [0.1, 0.15) is 33.6 Å². The third kappa shape index (κ3) is 4.99. The van der Waals surface area contributed by atoms with E-state index in [1.165, 1.54) is 0 Å². The lowest BCUT2D eigenvalue weighted by Crippen LogP contribution is -2.42. The second-order valence-electron chi connectivity index (χ2n) is 4.67. The van der Waals surface area contributed by atoms with Crippen LogP contribution in [0.15, 0.2) is 0 Å². The highest BCUT2D eigenvalue weighted by Crippen LogP contribution is 2.50. The average Bonchev–Trinajstić information content (AvgIpc) is 1.78. The van der Waals surface area contributed by atoms with Crippen LogP contribution in [-0.4, -0.2) is 17.1 Å². The number of alkyl halides is 2. The standard InChI is InChI=1S/C8H14F2.CH3NO2/c1-7(2,3)6-4-8(9,10)5-6;2-1(3)4/h6H,4-5H2,1-3H3;2H2,(H,3,4). The van der Waals surface area contributed by atoms with Gasteiger partial charge in [-0.15, -0.1) is 0 Å². The van der Waals surface area contributed by atoms with E-state index in [0.29, 0.717) is 0 Å². The molecule has 1 saturated carbocycles. The summed E-state index contributed by atoms with van der Waals surface area (Å²) < 4.78 is 24.6. The number of hydrogen-bond donors (Lipinski definition) is 2. The van der Waals surface area contributed by atoms with Gasteiger partial charge in [-0.2, -0.15) is 0 Å². The maximum atomic E-state index is 12.3. The van der Waals surface area contributed by atoms with Gasteiger partial charge in [-0.1, -0.05) is 20.8 Å². The molecule has 0 spiro atoms. The van der Waals surface area contributed by atoms with Gasteiger partial charge in [0.15, 0.2) is 0 Å². The predicted molar refractivity (Wildman–Crippen MR) is 49.3 cm³/mol. The fourth-order valence-corrected chi connectivity index (χ4v) is 1.27. The largest absolute Gasteiger partial charge is 0.465 e. The van der Waals surface area contributed by atoms with E-state index in [9.17, 15) is 8.78 Å². The molecule has 3 N–H and O–H groups in total. The van der Waals surface area contributed by atoms with Gasteiger partial charge in [-0.3, -0.25) is 0 Å². The fourth-order valence-electron chi connectivity index (χ4n) is 1.27. The van der Waals surface area contributed by atoms with Crippen LogP contribution >= 0.6 is 0 Å². The molecular formula is C9H17F2NO2. The first kappa shape index (κ1) is 13.1. The monoisotopic (exact) mass is 209 g/mol. The van der Waals surface area contributed by atoms with Crippen molar-refractivity contribution in [2.24, 2.45) is 17.1 Å². The van der Waals surface area contributed by atoms with E-state index in [0.717, 1.165) is 0 Å². The number of carbonyl (C=O) groups is 1. The second kappa shape index (κ2) is 4.11. The highest BCUT2D eigenvalue weighted by molar-refractivity contribution is 5.61. The zero-order valence-corrected chi connectivity index (χ0v) is 8.68. The molecule has 0 aromatic heterocycles. The summed E-state index contributed by atoms with van der Waals surface area (Å²) in [6.45, 7) is 6.06.